The van der Waals surface area contributed by atoms with E-state index in [0.717, 1.165) is 18.7 Å². The maximum atomic E-state index is 12.5. The zero-order valence-corrected chi connectivity index (χ0v) is 18.3. The van der Waals surface area contributed by atoms with E-state index in [1.807, 2.05) is 6.26 Å². The lowest BCUT2D eigenvalue weighted by Crippen LogP contribution is -2.47. The van der Waals surface area contributed by atoms with Gasteiger partial charge in [0.15, 0.2) is 5.96 Å². The molecule has 1 aliphatic rings. The predicted molar refractivity (Wildman–Crippen MR) is 107 cm³/mol. The molecule has 1 fully saturated rings. The molecule has 1 heterocycles. The van der Waals surface area contributed by atoms with Crippen molar-refractivity contribution in [2.45, 2.75) is 24.8 Å². The molecule has 0 radical (unpaired) electrons. The van der Waals surface area contributed by atoms with Crippen LogP contribution in [0.5, 0.6) is 0 Å². The van der Waals surface area contributed by atoms with Crippen LogP contribution in [0.25, 0.3) is 0 Å². The number of piperidine rings is 1. The molecular weight excluding hydrogens is 492 g/mol. The molecule has 0 bridgehead atoms. The lowest BCUT2D eigenvalue weighted by atomic mass is 9.98. The van der Waals surface area contributed by atoms with E-state index >= 15 is 0 Å². The summed E-state index contributed by atoms with van der Waals surface area (Å²) in [5.74, 6) is 1.83. The van der Waals surface area contributed by atoms with E-state index in [9.17, 15) is 21.6 Å². The number of alkyl halides is 3. The van der Waals surface area contributed by atoms with Gasteiger partial charge < -0.3 is 10.6 Å². The largest absolute Gasteiger partial charge is 0.511 e. The number of rotatable bonds is 7. The van der Waals surface area contributed by atoms with Gasteiger partial charge in [-0.15, -0.1) is 24.0 Å². The minimum Gasteiger partial charge on any atom is -0.356 e. The molecule has 2 N–H and O–H groups in total. The predicted octanol–water partition coefficient (Wildman–Crippen LogP) is 2.08. The number of guanidine groups is 1. The van der Waals surface area contributed by atoms with Crippen LogP contribution in [0.1, 0.15) is 19.3 Å². The lowest BCUT2D eigenvalue weighted by molar-refractivity contribution is -0.0496. The van der Waals surface area contributed by atoms with E-state index < -0.39 is 15.5 Å². The van der Waals surface area contributed by atoms with Crippen molar-refractivity contribution >= 4 is 51.7 Å². The summed E-state index contributed by atoms with van der Waals surface area (Å²) in [4.78, 5) is 4.09. The fourth-order valence-corrected chi connectivity index (χ4v) is 3.80. The summed E-state index contributed by atoms with van der Waals surface area (Å²) in [7, 11) is -3.55. The number of sulfonamides is 1. The molecule has 0 unspecified atom stereocenters. The van der Waals surface area contributed by atoms with Crippen LogP contribution in [-0.2, 0) is 10.0 Å². The van der Waals surface area contributed by atoms with E-state index in [-0.39, 0.29) is 43.0 Å². The van der Waals surface area contributed by atoms with E-state index in [0.29, 0.717) is 29.7 Å². The zero-order valence-electron chi connectivity index (χ0n) is 14.3. The third-order valence-corrected chi connectivity index (χ3v) is 6.13. The van der Waals surface area contributed by atoms with Gasteiger partial charge >= 0.3 is 15.5 Å². The maximum Gasteiger partial charge on any atom is 0.511 e. The summed E-state index contributed by atoms with van der Waals surface area (Å²) in [6.45, 7) is 1.15. The van der Waals surface area contributed by atoms with Gasteiger partial charge in [0.05, 0.1) is 0 Å². The van der Waals surface area contributed by atoms with Crippen molar-refractivity contribution in [3.8, 4) is 0 Å². The SMILES string of the molecule is CN=C(NCCCSC)NCC1CCN(S(=O)(=O)C(F)(F)F)CC1.I. The Morgan fingerprint density at radius 1 is 1.28 bits per heavy atom. The number of halogens is 4. The van der Waals surface area contributed by atoms with E-state index in [2.05, 4.69) is 15.6 Å². The first kappa shape index (κ1) is 25.1. The molecule has 150 valence electrons. The van der Waals surface area contributed by atoms with E-state index in [1.54, 1.807) is 18.8 Å². The van der Waals surface area contributed by atoms with Crippen LogP contribution in [0.4, 0.5) is 13.2 Å². The second kappa shape index (κ2) is 11.7. The summed E-state index contributed by atoms with van der Waals surface area (Å²) in [6.07, 6.45) is 3.84. The molecule has 12 heteroatoms. The van der Waals surface area contributed by atoms with Crippen LogP contribution in [0.15, 0.2) is 4.99 Å². The molecule has 0 spiro atoms. The topological polar surface area (TPSA) is 73.8 Å². The summed E-state index contributed by atoms with van der Waals surface area (Å²) < 4.78 is 60.8. The zero-order chi connectivity index (χ0) is 18.2. The van der Waals surface area contributed by atoms with Crippen molar-refractivity contribution in [2.24, 2.45) is 10.9 Å². The number of aliphatic imine (C=N–C) groups is 1. The molecule has 0 aliphatic carbocycles. The molecule has 0 amide bonds. The van der Waals surface area contributed by atoms with Gasteiger partial charge in [-0.2, -0.15) is 29.2 Å². The fourth-order valence-electron chi connectivity index (χ4n) is 2.39. The Kier molecular flexibility index (Phi) is 11.7. The van der Waals surface area contributed by atoms with Gasteiger partial charge in [0, 0.05) is 33.2 Å². The average Bonchev–Trinajstić information content (AvgIpc) is 2.53. The van der Waals surface area contributed by atoms with Gasteiger partial charge in [-0.1, -0.05) is 0 Å². The highest BCUT2D eigenvalue weighted by Crippen LogP contribution is 2.30. The molecule has 0 saturated carbocycles. The van der Waals surface area contributed by atoms with Crippen molar-refractivity contribution in [1.82, 2.24) is 14.9 Å². The first-order valence-corrected chi connectivity index (χ1v) is 10.6. The Bertz CT molecular complexity index is 510. The van der Waals surface area contributed by atoms with Gasteiger partial charge in [0.2, 0.25) is 0 Å². The second-order valence-electron chi connectivity index (χ2n) is 5.52. The molecule has 1 rings (SSSR count). The van der Waals surface area contributed by atoms with Crippen LogP contribution in [0.2, 0.25) is 0 Å². The molecule has 1 aliphatic heterocycles. The van der Waals surface area contributed by atoms with Gasteiger partial charge in [-0.25, -0.2) is 8.42 Å². The Hall–Kier alpha value is 0.0500. The minimum atomic E-state index is -5.22. The van der Waals surface area contributed by atoms with Gasteiger partial charge in [0.1, 0.15) is 0 Å². The number of hydrogen-bond donors (Lipinski definition) is 2. The summed E-state index contributed by atoms with van der Waals surface area (Å²) in [5.41, 5.74) is -5.22. The van der Waals surface area contributed by atoms with Crippen LogP contribution in [0.3, 0.4) is 0 Å². The van der Waals surface area contributed by atoms with Crippen LogP contribution in [-0.4, -0.2) is 69.4 Å². The Balaban J connectivity index is 0.00000576. The quantitative estimate of drug-likeness (QED) is 0.234. The van der Waals surface area contributed by atoms with Crippen molar-refractivity contribution in [3.63, 3.8) is 0 Å². The molecule has 0 atom stereocenters. The summed E-state index contributed by atoms with van der Waals surface area (Å²) in [6, 6.07) is 0. The first-order chi connectivity index (χ1) is 11.2. The van der Waals surface area contributed by atoms with Gasteiger partial charge in [-0.05, 0) is 37.2 Å². The summed E-state index contributed by atoms with van der Waals surface area (Å²) >= 11 is 1.77. The molecule has 0 aromatic heterocycles. The molecule has 1 saturated heterocycles. The highest BCUT2D eigenvalue weighted by Gasteiger charge is 2.50. The fraction of sp³-hybridized carbons (Fsp3) is 0.923. The van der Waals surface area contributed by atoms with Crippen LogP contribution >= 0.6 is 35.7 Å². The Morgan fingerprint density at radius 3 is 2.36 bits per heavy atom. The average molecular weight is 518 g/mol. The van der Waals surface area contributed by atoms with Gasteiger partial charge in [0.25, 0.3) is 0 Å². The van der Waals surface area contributed by atoms with Crippen molar-refractivity contribution < 1.29 is 21.6 Å². The number of nitrogens with one attached hydrogen (secondary N) is 2. The van der Waals surface area contributed by atoms with Crippen molar-refractivity contribution in [2.75, 3.05) is 45.2 Å². The number of thioether (sulfide) groups is 1. The van der Waals surface area contributed by atoms with Crippen LogP contribution < -0.4 is 10.6 Å². The highest BCUT2D eigenvalue weighted by atomic mass is 127. The third kappa shape index (κ3) is 8.08. The second-order valence-corrected chi connectivity index (χ2v) is 8.43. The molecular formula is C13H26F3IN4O2S2. The van der Waals surface area contributed by atoms with Gasteiger partial charge in [-0.3, -0.25) is 4.99 Å². The number of hydrogen-bond acceptors (Lipinski definition) is 4. The normalized spacial score (nSPS) is 17.9. The third-order valence-electron chi connectivity index (χ3n) is 3.81. The highest BCUT2D eigenvalue weighted by molar-refractivity contribution is 14.0. The molecule has 25 heavy (non-hydrogen) atoms. The van der Waals surface area contributed by atoms with Crippen molar-refractivity contribution in [1.29, 1.82) is 0 Å². The van der Waals surface area contributed by atoms with Crippen molar-refractivity contribution in [3.05, 3.63) is 0 Å². The summed E-state index contributed by atoms with van der Waals surface area (Å²) in [5, 5.41) is 6.31. The molecule has 0 aromatic carbocycles. The van der Waals surface area contributed by atoms with E-state index in [4.69, 9.17) is 0 Å². The molecule has 0 aromatic rings. The molecule has 6 nitrogen and oxygen atoms in total. The smallest absolute Gasteiger partial charge is 0.356 e. The Labute approximate surface area is 168 Å². The monoisotopic (exact) mass is 518 g/mol. The standard InChI is InChI=1S/C13H25F3N4O2S2.HI/c1-17-12(18-6-3-9-23-2)19-10-11-4-7-20(8-5-11)24(21,22)13(14,15)16;/h11H,3-10H2,1-2H3,(H2,17,18,19);1H. The number of nitrogens with zero attached hydrogens (tertiary/aromatic N) is 2. The Morgan fingerprint density at radius 2 is 1.88 bits per heavy atom. The van der Waals surface area contributed by atoms with E-state index in [1.165, 1.54) is 0 Å². The minimum absolute atomic E-state index is 0. The lowest BCUT2D eigenvalue weighted by Gasteiger charge is -2.31. The first-order valence-electron chi connectivity index (χ1n) is 7.72. The maximum absolute atomic E-state index is 12.5. The van der Waals surface area contributed by atoms with Crippen LogP contribution in [0, 0.1) is 5.92 Å².